The number of halogens is 3. The number of likely N-dealkylation sites (N-methyl/N-ethyl adjacent to an activating group) is 1. The van der Waals surface area contributed by atoms with Gasteiger partial charge < -0.3 is 24.4 Å². The van der Waals surface area contributed by atoms with Crippen molar-refractivity contribution in [2.75, 3.05) is 53.4 Å². The Morgan fingerprint density at radius 3 is 2.39 bits per heavy atom. The van der Waals surface area contributed by atoms with E-state index >= 15 is 0 Å². The van der Waals surface area contributed by atoms with Gasteiger partial charge in [-0.25, -0.2) is 0 Å². The highest BCUT2D eigenvalue weighted by Gasteiger charge is 2.47. The number of carbonyl (C=O) groups is 1. The second-order valence-electron chi connectivity index (χ2n) is 9.53. The minimum absolute atomic E-state index is 0.0464. The largest absolute Gasteiger partial charge is 0.504 e. The van der Waals surface area contributed by atoms with E-state index in [0.717, 1.165) is 37.3 Å². The zero-order valence-corrected chi connectivity index (χ0v) is 20.6. The minimum atomic E-state index is -4.45. The van der Waals surface area contributed by atoms with Crippen LogP contribution in [0.2, 0.25) is 0 Å². The van der Waals surface area contributed by atoms with Gasteiger partial charge in [-0.15, -0.1) is 0 Å². The Labute approximate surface area is 209 Å². The van der Waals surface area contributed by atoms with Gasteiger partial charge in [-0.2, -0.15) is 13.2 Å². The van der Waals surface area contributed by atoms with Crippen LogP contribution in [0.4, 0.5) is 13.2 Å². The summed E-state index contributed by atoms with van der Waals surface area (Å²) in [5.74, 6) is 0.512. The average molecular weight is 508 g/mol. The predicted octanol–water partition coefficient (Wildman–Crippen LogP) is 3.61. The van der Waals surface area contributed by atoms with Crippen molar-refractivity contribution in [2.24, 2.45) is 0 Å². The summed E-state index contributed by atoms with van der Waals surface area (Å²) in [4.78, 5) is 19.9. The molecule has 1 amide bonds. The fraction of sp³-hybridized carbons (Fsp3) is 0.500. The summed E-state index contributed by atoms with van der Waals surface area (Å²) in [5, 5.41) is 9.91. The maximum atomic E-state index is 13.9. The van der Waals surface area contributed by atoms with E-state index in [2.05, 4.69) is 9.80 Å². The van der Waals surface area contributed by atoms with Gasteiger partial charge in [-0.3, -0.25) is 9.69 Å². The van der Waals surface area contributed by atoms with Crippen molar-refractivity contribution in [3.8, 4) is 17.2 Å². The van der Waals surface area contributed by atoms with E-state index in [1.54, 1.807) is 23.1 Å². The second kappa shape index (κ2) is 10.6. The molecule has 0 radical (unpaired) electrons. The molecule has 0 spiro atoms. The van der Waals surface area contributed by atoms with Gasteiger partial charge in [0.15, 0.2) is 17.1 Å². The first-order valence-corrected chi connectivity index (χ1v) is 12.0. The van der Waals surface area contributed by atoms with E-state index in [9.17, 15) is 23.1 Å². The number of rotatable bonds is 6. The number of benzene rings is 2. The molecule has 196 valence electrons. The molecule has 2 aliphatic heterocycles. The van der Waals surface area contributed by atoms with Crippen molar-refractivity contribution in [3.05, 3.63) is 53.6 Å². The van der Waals surface area contributed by atoms with Crippen LogP contribution in [0.1, 0.15) is 24.0 Å². The number of carbonyl (C=O) groups excluding carboxylic acids is 1. The number of hydrogen-bond donors (Lipinski definition) is 1. The zero-order chi connectivity index (χ0) is 25.9. The number of amides is 1. The third kappa shape index (κ3) is 5.87. The van der Waals surface area contributed by atoms with Gasteiger partial charge in [0.1, 0.15) is 5.75 Å². The Morgan fingerprint density at radius 1 is 1.06 bits per heavy atom. The van der Waals surface area contributed by atoms with Gasteiger partial charge in [0.2, 0.25) is 0 Å². The molecule has 2 aromatic carbocycles. The Kier molecular flexibility index (Phi) is 7.65. The number of phenols is 1. The first-order chi connectivity index (χ1) is 17.1. The summed E-state index contributed by atoms with van der Waals surface area (Å²) in [6.07, 6.45) is -3.29. The molecule has 10 heteroatoms. The van der Waals surface area contributed by atoms with E-state index < -0.39 is 17.3 Å². The van der Waals surface area contributed by atoms with Crippen molar-refractivity contribution in [3.63, 3.8) is 0 Å². The van der Waals surface area contributed by atoms with Crippen LogP contribution in [0.5, 0.6) is 17.2 Å². The molecule has 0 saturated carbocycles. The molecule has 2 saturated heterocycles. The van der Waals surface area contributed by atoms with Gasteiger partial charge in [0.05, 0.1) is 12.7 Å². The van der Waals surface area contributed by atoms with Crippen molar-refractivity contribution in [1.29, 1.82) is 0 Å². The number of piperazine rings is 1. The van der Waals surface area contributed by atoms with Gasteiger partial charge in [-0.05, 0) is 68.4 Å². The number of likely N-dealkylation sites (tertiary alicyclic amines) is 1. The highest BCUT2D eigenvalue weighted by atomic mass is 19.4. The number of methoxy groups -OCH3 is 1. The van der Waals surface area contributed by atoms with E-state index in [4.69, 9.17) is 9.47 Å². The number of aromatic hydroxyl groups is 1. The molecule has 7 nitrogen and oxygen atoms in total. The number of hydrogen-bond acceptors (Lipinski definition) is 6. The number of alkyl halides is 3. The monoisotopic (exact) mass is 507 g/mol. The molecule has 36 heavy (non-hydrogen) atoms. The lowest BCUT2D eigenvalue weighted by atomic mass is 9.90. The minimum Gasteiger partial charge on any atom is -0.504 e. The molecule has 1 atom stereocenters. The predicted molar refractivity (Wildman–Crippen MR) is 128 cm³/mol. The topological polar surface area (TPSA) is 65.5 Å². The van der Waals surface area contributed by atoms with Crippen LogP contribution in [-0.2, 0) is 17.5 Å². The van der Waals surface area contributed by atoms with Crippen LogP contribution in [0.25, 0.3) is 0 Å². The molecule has 4 rings (SSSR count). The second-order valence-corrected chi connectivity index (χ2v) is 9.53. The first kappa shape index (κ1) is 26.1. The fourth-order valence-corrected chi connectivity index (χ4v) is 4.86. The van der Waals surface area contributed by atoms with Crippen molar-refractivity contribution < 1.29 is 32.5 Å². The van der Waals surface area contributed by atoms with Crippen molar-refractivity contribution in [2.45, 2.75) is 31.2 Å². The molecule has 2 heterocycles. The van der Waals surface area contributed by atoms with Crippen LogP contribution in [0.3, 0.4) is 0 Å². The summed E-state index contributed by atoms with van der Waals surface area (Å²) < 4.78 is 50.7. The Morgan fingerprint density at radius 2 is 1.75 bits per heavy atom. The van der Waals surface area contributed by atoms with E-state index in [-0.39, 0.29) is 17.4 Å². The maximum absolute atomic E-state index is 13.9. The van der Waals surface area contributed by atoms with Gasteiger partial charge in [0.25, 0.3) is 5.91 Å². The van der Waals surface area contributed by atoms with E-state index in [1.807, 2.05) is 7.05 Å². The lowest BCUT2D eigenvalue weighted by Gasteiger charge is -2.45. The highest BCUT2D eigenvalue weighted by Crippen LogP contribution is 2.35. The van der Waals surface area contributed by atoms with Crippen LogP contribution < -0.4 is 9.47 Å². The molecule has 1 unspecified atom stereocenters. The number of nitrogens with zero attached hydrogens (tertiary/aromatic N) is 3. The Hall–Kier alpha value is -2.98. The summed E-state index contributed by atoms with van der Waals surface area (Å²) in [7, 11) is 3.49. The maximum Gasteiger partial charge on any atom is 0.416 e. The van der Waals surface area contributed by atoms with Crippen LogP contribution >= 0.6 is 0 Å². The molecule has 0 aromatic heterocycles. The quantitative estimate of drug-likeness (QED) is 0.645. The molecular weight excluding hydrogens is 475 g/mol. The summed E-state index contributed by atoms with van der Waals surface area (Å²) >= 11 is 0. The van der Waals surface area contributed by atoms with Gasteiger partial charge in [0, 0.05) is 39.3 Å². The van der Waals surface area contributed by atoms with Gasteiger partial charge >= 0.3 is 6.18 Å². The smallest absolute Gasteiger partial charge is 0.416 e. The van der Waals surface area contributed by atoms with E-state index in [1.165, 1.54) is 19.2 Å². The normalized spacial score (nSPS) is 21.9. The lowest BCUT2D eigenvalue weighted by Crippen LogP contribution is -2.63. The Bertz CT molecular complexity index is 1060. The average Bonchev–Trinajstić information content (AvgIpc) is 2.85. The number of ether oxygens (including phenoxy) is 2. The molecule has 2 aliphatic rings. The summed E-state index contributed by atoms with van der Waals surface area (Å²) in [6.45, 7) is 4.17. The standard InChI is InChI=1S/C26H32F3N3O4/c1-30-12-14-32(15-13-30)24(34)25(36-21-7-5-20(6-8-21)26(27,28)29)10-3-11-31(18-25)17-19-4-9-22(33)23(16-19)35-2/h4-9,16,33H,3,10-15,17-18H2,1-2H3. The molecular formula is C26H32F3N3O4. The van der Waals surface area contributed by atoms with E-state index in [0.29, 0.717) is 44.8 Å². The fourth-order valence-electron chi connectivity index (χ4n) is 4.86. The molecule has 0 bridgehead atoms. The summed E-state index contributed by atoms with van der Waals surface area (Å²) in [6, 6.07) is 9.65. The SMILES string of the molecule is COc1cc(CN2CCCC(Oc3ccc(C(F)(F)F)cc3)(C(=O)N3CCN(C)CC3)C2)ccc1O. The molecule has 0 aliphatic carbocycles. The van der Waals surface area contributed by atoms with Crippen LogP contribution in [0, 0.1) is 0 Å². The van der Waals surface area contributed by atoms with Crippen LogP contribution in [0.15, 0.2) is 42.5 Å². The van der Waals surface area contributed by atoms with Gasteiger partial charge in [-0.1, -0.05) is 6.07 Å². The molecule has 2 aromatic rings. The number of phenolic OH excluding ortho intramolecular Hbond substituents is 1. The number of piperidine rings is 1. The highest BCUT2D eigenvalue weighted by molar-refractivity contribution is 5.86. The van der Waals surface area contributed by atoms with Crippen LogP contribution in [-0.4, -0.2) is 84.7 Å². The summed E-state index contributed by atoms with van der Waals surface area (Å²) in [5.41, 5.74) is -1.07. The van der Waals surface area contributed by atoms with Crippen molar-refractivity contribution in [1.82, 2.24) is 14.7 Å². The molecule has 2 fully saturated rings. The third-order valence-corrected chi connectivity index (χ3v) is 6.86. The van der Waals surface area contributed by atoms with Crippen molar-refractivity contribution >= 4 is 5.91 Å². The Balaban J connectivity index is 1.59. The third-order valence-electron chi connectivity index (χ3n) is 6.86. The first-order valence-electron chi connectivity index (χ1n) is 12.0. The molecule has 1 N–H and O–H groups in total. The zero-order valence-electron chi connectivity index (χ0n) is 20.6. The lowest BCUT2D eigenvalue weighted by molar-refractivity contribution is -0.155.